The Hall–Kier alpha value is -3.78. The molecular weight excluding hydrogens is 398 g/mol. The summed E-state index contributed by atoms with van der Waals surface area (Å²) in [6, 6.07) is 20.3. The molecule has 1 amide bonds. The van der Waals surface area contributed by atoms with Gasteiger partial charge in [-0.2, -0.15) is 4.80 Å². The van der Waals surface area contributed by atoms with E-state index in [1.165, 1.54) is 0 Å². The van der Waals surface area contributed by atoms with Gasteiger partial charge in [-0.25, -0.2) is 0 Å². The lowest BCUT2D eigenvalue weighted by atomic mass is 10.2. The maximum atomic E-state index is 12.4. The summed E-state index contributed by atoms with van der Waals surface area (Å²) in [5, 5.41) is 15.0. The van der Waals surface area contributed by atoms with Crippen molar-refractivity contribution in [1.29, 1.82) is 0 Å². The van der Waals surface area contributed by atoms with Crippen LogP contribution in [-0.2, 0) is 0 Å². The topological polar surface area (TPSA) is 81.1 Å². The number of carbonyl (C=O) groups excluding carboxylic acids is 1. The minimum absolute atomic E-state index is 0.203. The largest absolute Gasteiger partial charge is 0.497 e. The molecule has 0 saturated heterocycles. The van der Waals surface area contributed by atoms with E-state index in [4.69, 9.17) is 17.0 Å². The molecule has 4 rings (SSSR count). The number of fused-ring (bicyclic) bond motifs is 1. The van der Waals surface area contributed by atoms with Crippen LogP contribution in [0, 0.1) is 6.92 Å². The van der Waals surface area contributed by atoms with Gasteiger partial charge < -0.3 is 10.1 Å². The lowest BCUT2D eigenvalue weighted by molar-refractivity contribution is 0.0977. The van der Waals surface area contributed by atoms with E-state index < -0.39 is 0 Å². The van der Waals surface area contributed by atoms with Crippen LogP contribution in [0.4, 0.5) is 5.69 Å². The minimum atomic E-state index is -0.302. The fourth-order valence-electron chi connectivity index (χ4n) is 2.95. The SMILES string of the molecule is COc1ccc(C(=O)NC(=S)Nc2cc3nn(-c4ccccc4)nc3cc2C)cc1. The molecule has 0 bridgehead atoms. The molecule has 0 aliphatic rings. The van der Waals surface area contributed by atoms with Gasteiger partial charge in [-0.1, -0.05) is 18.2 Å². The van der Waals surface area contributed by atoms with Crippen molar-refractivity contribution in [2.45, 2.75) is 6.92 Å². The molecule has 0 atom stereocenters. The molecule has 150 valence electrons. The number of anilines is 1. The predicted octanol–water partition coefficient (Wildman–Crippen LogP) is 3.86. The smallest absolute Gasteiger partial charge is 0.257 e. The van der Waals surface area contributed by atoms with Crippen molar-refractivity contribution in [3.8, 4) is 11.4 Å². The number of thiocarbonyl (C=S) groups is 1. The fourth-order valence-corrected chi connectivity index (χ4v) is 3.15. The van der Waals surface area contributed by atoms with Gasteiger partial charge in [0.15, 0.2) is 5.11 Å². The highest BCUT2D eigenvalue weighted by molar-refractivity contribution is 7.80. The highest BCUT2D eigenvalue weighted by atomic mass is 32.1. The summed E-state index contributed by atoms with van der Waals surface area (Å²) in [5.74, 6) is 0.378. The third-order valence-corrected chi connectivity index (χ3v) is 4.75. The first-order valence-electron chi connectivity index (χ1n) is 9.23. The highest BCUT2D eigenvalue weighted by Gasteiger charge is 2.12. The summed E-state index contributed by atoms with van der Waals surface area (Å²) < 4.78 is 5.10. The van der Waals surface area contributed by atoms with Crippen LogP contribution in [0.25, 0.3) is 16.7 Å². The zero-order chi connectivity index (χ0) is 21.1. The third kappa shape index (κ3) is 4.13. The molecule has 30 heavy (non-hydrogen) atoms. The monoisotopic (exact) mass is 417 g/mol. The maximum Gasteiger partial charge on any atom is 0.257 e. The summed E-state index contributed by atoms with van der Waals surface area (Å²) >= 11 is 5.32. The molecule has 4 aromatic rings. The van der Waals surface area contributed by atoms with E-state index in [0.717, 1.165) is 28.0 Å². The molecule has 1 heterocycles. The van der Waals surface area contributed by atoms with E-state index in [-0.39, 0.29) is 11.0 Å². The molecule has 0 spiro atoms. The quantitative estimate of drug-likeness (QED) is 0.491. The second-order valence-corrected chi connectivity index (χ2v) is 7.03. The number of para-hydroxylation sites is 1. The molecule has 0 aliphatic carbocycles. The van der Waals surface area contributed by atoms with Crippen LogP contribution >= 0.6 is 12.2 Å². The number of aromatic nitrogens is 3. The van der Waals surface area contributed by atoms with Gasteiger partial charge in [0, 0.05) is 11.3 Å². The number of ether oxygens (including phenoxy) is 1. The van der Waals surface area contributed by atoms with Crippen LogP contribution in [0.15, 0.2) is 66.7 Å². The second kappa shape index (κ2) is 8.30. The highest BCUT2D eigenvalue weighted by Crippen LogP contribution is 2.22. The first kappa shape index (κ1) is 19.5. The Morgan fingerprint density at radius 1 is 1.00 bits per heavy atom. The number of methoxy groups -OCH3 is 1. The van der Waals surface area contributed by atoms with Gasteiger partial charge in [0.25, 0.3) is 5.91 Å². The Labute approximate surface area is 178 Å². The molecule has 7 nitrogen and oxygen atoms in total. The summed E-state index contributed by atoms with van der Waals surface area (Å²) in [7, 11) is 1.58. The number of carbonyl (C=O) groups is 1. The van der Waals surface area contributed by atoms with Crippen molar-refractivity contribution < 1.29 is 9.53 Å². The first-order valence-corrected chi connectivity index (χ1v) is 9.64. The molecule has 0 saturated carbocycles. The van der Waals surface area contributed by atoms with Crippen LogP contribution in [0.5, 0.6) is 5.75 Å². The maximum absolute atomic E-state index is 12.4. The van der Waals surface area contributed by atoms with Crippen LogP contribution in [0.3, 0.4) is 0 Å². The molecule has 2 N–H and O–H groups in total. The number of rotatable bonds is 4. The zero-order valence-corrected chi connectivity index (χ0v) is 17.2. The second-order valence-electron chi connectivity index (χ2n) is 6.62. The Kier molecular flexibility index (Phi) is 5.40. The van der Waals surface area contributed by atoms with E-state index in [1.807, 2.05) is 49.4 Å². The molecule has 3 aromatic carbocycles. The lowest BCUT2D eigenvalue weighted by Crippen LogP contribution is -2.34. The van der Waals surface area contributed by atoms with Crippen LogP contribution in [0.2, 0.25) is 0 Å². The van der Waals surface area contributed by atoms with E-state index in [2.05, 4.69) is 20.8 Å². The van der Waals surface area contributed by atoms with Gasteiger partial charge in [0.1, 0.15) is 16.8 Å². The Morgan fingerprint density at radius 3 is 2.33 bits per heavy atom. The lowest BCUT2D eigenvalue weighted by Gasteiger charge is -2.12. The average molecular weight is 417 g/mol. The van der Waals surface area contributed by atoms with Crippen molar-refractivity contribution in [2.24, 2.45) is 0 Å². The molecule has 0 radical (unpaired) electrons. The van der Waals surface area contributed by atoms with Gasteiger partial charge in [-0.3, -0.25) is 10.1 Å². The number of aryl methyl sites for hydroxylation is 1. The Bertz CT molecular complexity index is 1220. The van der Waals surface area contributed by atoms with Gasteiger partial charge in [-0.15, -0.1) is 10.2 Å². The van der Waals surface area contributed by atoms with Crippen molar-refractivity contribution in [2.75, 3.05) is 12.4 Å². The van der Waals surface area contributed by atoms with Gasteiger partial charge >= 0.3 is 0 Å². The van der Waals surface area contributed by atoms with Gasteiger partial charge in [-0.05, 0) is 73.2 Å². The number of nitrogens with one attached hydrogen (secondary N) is 2. The number of benzene rings is 3. The molecule has 0 fully saturated rings. The van der Waals surface area contributed by atoms with E-state index in [9.17, 15) is 4.79 Å². The van der Waals surface area contributed by atoms with Gasteiger partial charge in [0.2, 0.25) is 0 Å². The predicted molar refractivity (Wildman–Crippen MR) is 120 cm³/mol. The molecular formula is C22H19N5O2S. The number of hydrogen-bond acceptors (Lipinski definition) is 5. The number of hydrogen-bond donors (Lipinski definition) is 2. The molecule has 0 aliphatic heterocycles. The Balaban J connectivity index is 1.50. The summed E-state index contributed by atoms with van der Waals surface area (Å²) in [4.78, 5) is 14.0. The minimum Gasteiger partial charge on any atom is -0.497 e. The van der Waals surface area contributed by atoms with Crippen LogP contribution in [0.1, 0.15) is 15.9 Å². The van der Waals surface area contributed by atoms with Crippen LogP contribution in [-0.4, -0.2) is 33.1 Å². The van der Waals surface area contributed by atoms with E-state index in [1.54, 1.807) is 36.2 Å². The summed E-state index contributed by atoms with van der Waals surface area (Å²) in [6.45, 7) is 1.94. The fraction of sp³-hybridized carbons (Fsp3) is 0.0909. The van der Waals surface area contributed by atoms with Crippen LogP contribution < -0.4 is 15.4 Å². The third-order valence-electron chi connectivity index (χ3n) is 4.54. The van der Waals surface area contributed by atoms with Crippen molar-refractivity contribution in [3.63, 3.8) is 0 Å². The van der Waals surface area contributed by atoms with Gasteiger partial charge in [0.05, 0.1) is 12.8 Å². The van der Waals surface area contributed by atoms with E-state index in [0.29, 0.717) is 11.3 Å². The normalized spacial score (nSPS) is 10.6. The summed E-state index contributed by atoms with van der Waals surface area (Å²) in [5.41, 5.74) is 4.54. The molecule has 8 heteroatoms. The number of nitrogens with zero attached hydrogens (tertiary/aromatic N) is 3. The first-order chi connectivity index (χ1) is 14.5. The van der Waals surface area contributed by atoms with Crippen molar-refractivity contribution in [1.82, 2.24) is 20.3 Å². The number of amides is 1. The molecule has 1 aromatic heterocycles. The standard InChI is InChI=1S/C22H19N5O2S/c1-14-12-19-20(26-27(25-19)16-6-4-3-5-7-16)13-18(14)23-22(30)24-21(28)15-8-10-17(29-2)11-9-15/h3-13H,1-2H3,(H2,23,24,28,30). The van der Waals surface area contributed by atoms with Crippen molar-refractivity contribution in [3.05, 3.63) is 77.9 Å². The average Bonchev–Trinajstić information content (AvgIpc) is 3.17. The molecule has 0 unspecified atom stereocenters. The van der Waals surface area contributed by atoms with E-state index >= 15 is 0 Å². The van der Waals surface area contributed by atoms with Crippen molar-refractivity contribution >= 4 is 40.0 Å². The Morgan fingerprint density at radius 2 is 1.67 bits per heavy atom. The zero-order valence-electron chi connectivity index (χ0n) is 16.4. The summed E-state index contributed by atoms with van der Waals surface area (Å²) in [6.07, 6.45) is 0.